The predicted molar refractivity (Wildman–Crippen MR) is 120 cm³/mol. The molecule has 1 aromatic heterocycles. The maximum Gasteiger partial charge on any atom is 0.234 e. The molecule has 0 radical (unpaired) electrons. The molecule has 0 spiro atoms. The molecule has 170 valence electrons. The van der Waals surface area contributed by atoms with Crippen molar-refractivity contribution in [2.45, 2.75) is 57.4 Å². The van der Waals surface area contributed by atoms with Gasteiger partial charge in [-0.2, -0.15) is 0 Å². The molecule has 5 N–H and O–H groups in total. The molecule has 3 atom stereocenters. The Morgan fingerprint density at radius 2 is 2.12 bits per heavy atom. The minimum atomic E-state index is -1.47. The second kappa shape index (κ2) is 8.07. The van der Waals surface area contributed by atoms with Crippen LogP contribution in [0.4, 0.5) is 11.4 Å². The summed E-state index contributed by atoms with van der Waals surface area (Å²) in [7, 11) is 0. The Labute approximate surface area is 186 Å². The van der Waals surface area contributed by atoms with Crippen molar-refractivity contribution in [3.8, 4) is 5.75 Å². The average molecular weight is 440 g/mol. The van der Waals surface area contributed by atoms with E-state index in [1.165, 1.54) is 0 Å². The fourth-order valence-electron chi connectivity index (χ4n) is 4.51. The van der Waals surface area contributed by atoms with Gasteiger partial charge in [0.05, 0.1) is 42.2 Å². The van der Waals surface area contributed by atoms with Gasteiger partial charge >= 0.3 is 0 Å². The normalized spacial score (nSPS) is 28.4. The zero-order chi connectivity index (χ0) is 23.1. The van der Waals surface area contributed by atoms with E-state index in [0.717, 1.165) is 16.3 Å². The number of hydrogen-bond donors (Lipinski definition) is 5. The SMILES string of the molecule is Cc1ccc(Nc2cccc([C@]3(C)CC(=O)N([C@]4(O)CCO[C@@H](C)C4)C(=N)N3)c2O)cn1. The number of para-hydroxylation sites is 1. The highest BCUT2D eigenvalue weighted by Crippen LogP contribution is 2.41. The number of aromatic hydroxyl groups is 1. The Hall–Kier alpha value is -3.17. The van der Waals surface area contributed by atoms with E-state index in [2.05, 4.69) is 15.6 Å². The monoisotopic (exact) mass is 439 g/mol. The minimum Gasteiger partial charge on any atom is -0.505 e. The first-order valence-electron chi connectivity index (χ1n) is 10.7. The molecule has 2 aliphatic heterocycles. The molecular formula is C23H29N5O4. The number of aromatic nitrogens is 1. The van der Waals surface area contributed by atoms with Crippen LogP contribution in [0.5, 0.6) is 5.75 Å². The smallest absolute Gasteiger partial charge is 0.234 e. The summed E-state index contributed by atoms with van der Waals surface area (Å²) in [6, 6.07) is 8.96. The van der Waals surface area contributed by atoms with Crippen molar-refractivity contribution < 1.29 is 19.7 Å². The van der Waals surface area contributed by atoms with E-state index in [9.17, 15) is 15.0 Å². The third-order valence-electron chi connectivity index (χ3n) is 6.13. The fourth-order valence-corrected chi connectivity index (χ4v) is 4.51. The van der Waals surface area contributed by atoms with E-state index < -0.39 is 11.3 Å². The minimum absolute atomic E-state index is 0.0180. The second-order valence-corrected chi connectivity index (χ2v) is 8.84. The van der Waals surface area contributed by atoms with Crippen LogP contribution in [-0.2, 0) is 15.1 Å². The lowest BCUT2D eigenvalue weighted by Crippen LogP contribution is -2.67. The van der Waals surface area contributed by atoms with Crippen LogP contribution < -0.4 is 10.6 Å². The van der Waals surface area contributed by atoms with E-state index in [-0.39, 0.29) is 43.0 Å². The first kappa shape index (κ1) is 22.0. The van der Waals surface area contributed by atoms with Crippen LogP contribution in [-0.4, -0.2) is 50.4 Å². The number of nitrogens with zero attached hydrogens (tertiary/aromatic N) is 2. The number of anilines is 2. The molecule has 2 saturated heterocycles. The summed E-state index contributed by atoms with van der Waals surface area (Å²) < 4.78 is 5.50. The number of rotatable bonds is 4. The number of nitrogens with one attached hydrogen (secondary N) is 3. The number of carbonyl (C=O) groups excluding carboxylic acids is 1. The Balaban J connectivity index is 1.60. The zero-order valence-corrected chi connectivity index (χ0v) is 18.5. The lowest BCUT2D eigenvalue weighted by atomic mass is 9.84. The highest BCUT2D eigenvalue weighted by molar-refractivity contribution is 6.00. The van der Waals surface area contributed by atoms with Crippen molar-refractivity contribution in [1.82, 2.24) is 15.2 Å². The number of carbonyl (C=O) groups is 1. The lowest BCUT2D eigenvalue weighted by molar-refractivity contribution is -0.178. The molecular weight excluding hydrogens is 410 g/mol. The molecule has 32 heavy (non-hydrogen) atoms. The summed E-state index contributed by atoms with van der Waals surface area (Å²) in [5, 5.41) is 36.8. The first-order chi connectivity index (χ1) is 15.1. The maximum atomic E-state index is 13.2. The molecule has 0 aliphatic carbocycles. The molecule has 9 nitrogen and oxygen atoms in total. The van der Waals surface area contributed by atoms with Crippen molar-refractivity contribution in [2.75, 3.05) is 11.9 Å². The number of hydrogen-bond acceptors (Lipinski definition) is 7. The Kier molecular flexibility index (Phi) is 5.56. The van der Waals surface area contributed by atoms with E-state index >= 15 is 0 Å². The van der Waals surface area contributed by atoms with Crippen LogP contribution in [0.15, 0.2) is 36.5 Å². The number of phenolic OH excluding ortho intramolecular Hbond substituents is 1. The number of pyridine rings is 1. The number of aryl methyl sites for hydroxylation is 1. The Morgan fingerprint density at radius 1 is 1.34 bits per heavy atom. The van der Waals surface area contributed by atoms with Crippen molar-refractivity contribution in [2.24, 2.45) is 0 Å². The molecule has 0 bridgehead atoms. The van der Waals surface area contributed by atoms with E-state index in [1.54, 1.807) is 31.3 Å². The molecule has 2 fully saturated rings. The number of amides is 1. The van der Waals surface area contributed by atoms with Gasteiger partial charge in [-0.25, -0.2) is 0 Å². The fraction of sp³-hybridized carbons (Fsp3) is 0.435. The van der Waals surface area contributed by atoms with Crippen LogP contribution in [0.2, 0.25) is 0 Å². The van der Waals surface area contributed by atoms with Crippen LogP contribution in [0, 0.1) is 12.3 Å². The molecule has 3 heterocycles. The second-order valence-electron chi connectivity index (χ2n) is 8.84. The Bertz CT molecular complexity index is 1020. The molecule has 4 rings (SSSR count). The predicted octanol–water partition coefficient (Wildman–Crippen LogP) is 2.70. The van der Waals surface area contributed by atoms with Gasteiger partial charge in [-0.3, -0.25) is 20.1 Å². The van der Waals surface area contributed by atoms with Gasteiger partial charge in [0.2, 0.25) is 11.9 Å². The van der Waals surface area contributed by atoms with Crippen molar-refractivity contribution >= 4 is 23.2 Å². The number of benzene rings is 1. The number of guanidine groups is 1. The maximum absolute atomic E-state index is 13.2. The first-order valence-corrected chi connectivity index (χ1v) is 10.7. The number of phenols is 1. The molecule has 1 amide bonds. The highest BCUT2D eigenvalue weighted by atomic mass is 16.5. The number of aliphatic hydroxyl groups is 1. The van der Waals surface area contributed by atoms with Crippen LogP contribution in [0.1, 0.15) is 44.4 Å². The average Bonchev–Trinajstić information content (AvgIpc) is 2.70. The summed E-state index contributed by atoms with van der Waals surface area (Å²) in [6.45, 7) is 5.80. The standard InChI is InChI=1S/C23H29N5O4/c1-14-7-8-16(13-25-14)26-18-6-4-5-17(20(18)30)22(3)12-19(29)28(21(24)27-22)23(31)9-10-32-15(2)11-23/h4-8,13,15,26,30-31H,9-12H2,1-3H3,(H2,24,27)/t15-,22-,23-/m0/s1. The van der Waals surface area contributed by atoms with Gasteiger partial charge in [-0.1, -0.05) is 12.1 Å². The lowest BCUT2D eigenvalue weighted by Gasteiger charge is -2.49. The summed E-state index contributed by atoms with van der Waals surface area (Å²) in [5.74, 6) is -0.593. The third kappa shape index (κ3) is 4.01. The van der Waals surface area contributed by atoms with Crippen molar-refractivity contribution in [3.63, 3.8) is 0 Å². The molecule has 9 heteroatoms. The summed E-state index contributed by atoms with van der Waals surface area (Å²) >= 11 is 0. The van der Waals surface area contributed by atoms with Crippen molar-refractivity contribution in [3.05, 3.63) is 47.8 Å². The summed E-state index contributed by atoms with van der Waals surface area (Å²) in [6.07, 6.45) is 1.89. The van der Waals surface area contributed by atoms with Crippen molar-refractivity contribution in [1.29, 1.82) is 5.41 Å². The van der Waals surface area contributed by atoms with E-state index in [0.29, 0.717) is 17.9 Å². The molecule has 0 saturated carbocycles. The Morgan fingerprint density at radius 3 is 2.78 bits per heavy atom. The van der Waals surface area contributed by atoms with Crippen LogP contribution >= 0.6 is 0 Å². The van der Waals surface area contributed by atoms with Crippen LogP contribution in [0.25, 0.3) is 0 Å². The van der Waals surface area contributed by atoms with Gasteiger partial charge in [0.15, 0.2) is 5.72 Å². The van der Waals surface area contributed by atoms with E-state index in [4.69, 9.17) is 10.1 Å². The zero-order valence-electron chi connectivity index (χ0n) is 18.5. The van der Waals surface area contributed by atoms with E-state index in [1.807, 2.05) is 26.0 Å². The van der Waals surface area contributed by atoms with Gasteiger partial charge in [-0.05, 0) is 39.0 Å². The van der Waals surface area contributed by atoms with Gasteiger partial charge in [0.25, 0.3) is 0 Å². The van der Waals surface area contributed by atoms with Gasteiger partial charge < -0.3 is 25.6 Å². The van der Waals surface area contributed by atoms with Gasteiger partial charge in [0.1, 0.15) is 5.75 Å². The molecule has 2 aliphatic rings. The third-order valence-corrected chi connectivity index (χ3v) is 6.13. The molecule has 0 unspecified atom stereocenters. The van der Waals surface area contributed by atoms with Gasteiger partial charge in [-0.15, -0.1) is 0 Å². The summed E-state index contributed by atoms with van der Waals surface area (Å²) in [4.78, 5) is 18.5. The number of ether oxygens (including phenoxy) is 1. The van der Waals surface area contributed by atoms with Gasteiger partial charge in [0, 0.05) is 24.1 Å². The molecule has 1 aromatic carbocycles. The topological polar surface area (TPSA) is 131 Å². The largest absolute Gasteiger partial charge is 0.505 e. The summed E-state index contributed by atoms with van der Waals surface area (Å²) in [5.41, 5.74) is 0.0576. The highest BCUT2D eigenvalue weighted by Gasteiger charge is 2.50. The van der Waals surface area contributed by atoms with Crippen LogP contribution in [0.3, 0.4) is 0 Å². The quantitative estimate of drug-likeness (QED) is 0.463. The molecule has 2 aromatic rings.